The zero-order chi connectivity index (χ0) is 11.0. The van der Waals surface area contributed by atoms with Crippen molar-refractivity contribution in [2.24, 2.45) is 22.2 Å². The molecule has 1 atom stereocenters. The molecule has 0 aromatic rings. The van der Waals surface area contributed by atoms with Gasteiger partial charge in [0.2, 0.25) is 0 Å². The number of carbonyl (C=O) groups is 2. The molecule has 0 radical (unpaired) electrons. The molecule has 14 heavy (non-hydrogen) atoms. The predicted molar refractivity (Wildman–Crippen MR) is 53.6 cm³/mol. The molecule has 6 nitrogen and oxygen atoms in total. The second kappa shape index (κ2) is 7.02. The molecule has 0 aromatic heterocycles. The standard InChI is InChI=1S/C8H16N4O2/c9-6(7(14)3-5-13)2-1-4-12-8(10)11/h5-6H,1-4,9H2,(H4,10,11,12)/t6-/m0/s1. The van der Waals surface area contributed by atoms with Crippen LogP contribution in [-0.2, 0) is 9.59 Å². The first kappa shape index (κ1) is 12.6. The molecule has 0 fully saturated rings. The lowest BCUT2D eigenvalue weighted by atomic mass is 10.1. The lowest BCUT2D eigenvalue weighted by Crippen LogP contribution is -2.30. The van der Waals surface area contributed by atoms with Gasteiger partial charge in [0, 0.05) is 6.54 Å². The van der Waals surface area contributed by atoms with Gasteiger partial charge in [-0.1, -0.05) is 0 Å². The highest BCUT2D eigenvalue weighted by Crippen LogP contribution is 1.97. The fourth-order valence-corrected chi connectivity index (χ4v) is 0.914. The van der Waals surface area contributed by atoms with Crippen LogP contribution >= 0.6 is 0 Å². The number of nitrogens with zero attached hydrogens (tertiary/aromatic N) is 1. The van der Waals surface area contributed by atoms with E-state index in [1.807, 2.05) is 0 Å². The number of aldehydes is 1. The second-order valence-electron chi connectivity index (χ2n) is 2.89. The number of carbonyl (C=O) groups excluding carboxylic acids is 2. The van der Waals surface area contributed by atoms with E-state index < -0.39 is 6.04 Å². The van der Waals surface area contributed by atoms with E-state index in [1.165, 1.54) is 0 Å². The Bertz CT molecular complexity index is 223. The monoisotopic (exact) mass is 200 g/mol. The first-order valence-corrected chi connectivity index (χ1v) is 4.35. The highest BCUT2D eigenvalue weighted by atomic mass is 16.1. The van der Waals surface area contributed by atoms with Crippen molar-refractivity contribution in [3.8, 4) is 0 Å². The topological polar surface area (TPSA) is 125 Å². The Morgan fingerprint density at radius 1 is 1.43 bits per heavy atom. The van der Waals surface area contributed by atoms with E-state index in [1.54, 1.807) is 0 Å². The third-order valence-electron chi connectivity index (χ3n) is 1.67. The van der Waals surface area contributed by atoms with E-state index in [9.17, 15) is 9.59 Å². The van der Waals surface area contributed by atoms with Gasteiger partial charge in [-0.25, -0.2) is 0 Å². The van der Waals surface area contributed by atoms with E-state index in [4.69, 9.17) is 17.2 Å². The molecule has 80 valence electrons. The number of rotatable bonds is 7. The van der Waals surface area contributed by atoms with Gasteiger partial charge in [0.1, 0.15) is 6.29 Å². The van der Waals surface area contributed by atoms with Gasteiger partial charge in [-0.3, -0.25) is 9.79 Å². The Kier molecular flexibility index (Phi) is 6.30. The average molecular weight is 200 g/mol. The minimum absolute atomic E-state index is 0.0257. The van der Waals surface area contributed by atoms with Gasteiger partial charge in [0.15, 0.2) is 11.7 Å². The number of hydrogen-bond acceptors (Lipinski definition) is 4. The van der Waals surface area contributed by atoms with Crippen molar-refractivity contribution in [2.45, 2.75) is 25.3 Å². The lowest BCUT2D eigenvalue weighted by molar-refractivity contribution is -0.123. The number of Topliss-reactive ketones (excluding diaryl/α,β-unsaturated/α-hetero) is 1. The Morgan fingerprint density at radius 3 is 2.57 bits per heavy atom. The second-order valence-corrected chi connectivity index (χ2v) is 2.89. The molecule has 0 spiro atoms. The van der Waals surface area contributed by atoms with Crippen LogP contribution in [-0.4, -0.2) is 30.6 Å². The molecule has 0 unspecified atom stereocenters. The summed E-state index contributed by atoms with van der Waals surface area (Å²) in [6.45, 7) is 0.449. The lowest BCUT2D eigenvalue weighted by Gasteiger charge is -2.06. The smallest absolute Gasteiger partial charge is 0.185 e. The van der Waals surface area contributed by atoms with Crippen molar-refractivity contribution >= 4 is 18.0 Å². The highest BCUT2D eigenvalue weighted by Gasteiger charge is 2.11. The number of aliphatic imine (C=N–C) groups is 1. The molecule has 0 aliphatic heterocycles. The molecule has 0 rings (SSSR count). The van der Waals surface area contributed by atoms with Gasteiger partial charge in [0.25, 0.3) is 0 Å². The molecule has 0 bridgehead atoms. The van der Waals surface area contributed by atoms with Gasteiger partial charge < -0.3 is 22.0 Å². The minimum atomic E-state index is -0.589. The molecule has 6 heteroatoms. The SMILES string of the molecule is NC(N)=NCCC[C@H](N)C(=O)CC=O. The minimum Gasteiger partial charge on any atom is -0.370 e. The third kappa shape index (κ3) is 6.13. The Morgan fingerprint density at radius 2 is 2.07 bits per heavy atom. The molecular formula is C8H16N4O2. The van der Waals surface area contributed by atoms with Crippen LogP contribution in [0.1, 0.15) is 19.3 Å². The third-order valence-corrected chi connectivity index (χ3v) is 1.67. The van der Waals surface area contributed by atoms with E-state index >= 15 is 0 Å². The number of hydrogen-bond donors (Lipinski definition) is 3. The highest BCUT2D eigenvalue weighted by molar-refractivity contribution is 5.93. The predicted octanol–water partition coefficient (Wildman–Crippen LogP) is -1.47. The molecule has 0 amide bonds. The fraction of sp³-hybridized carbons (Fsp3) is 0.625. The summed E-state index contributed by atoms with van der Waals surface area (Å²) in [6, 6.07) is -0.589. The summed E-state index contributed by atoms with van der Waals surface area (Å²) < 4.78 is 0. The van der Waals surface area contributed by atoms with Gasteiger partial charge in [-0.05, 0) is 12.8 Å². The summed E-state index contributed by atoms with van der Waals surface area (Å²) in [5, 5.41) is 0. The van der Waals surface area contributed by atoms with Crippen molar-refractivity contribution in [1.82, 2.24) is 0 Å². The number of ketones is 1. The summed E-state index contributed by atoms with van der Waals surface area (Å²) in [7, 11) is 0. The Labute approximate surface area is 82.5 Å². The summed E-state index contributed by atoms with van der Waals surface area (Å²) in [4.78, 5) is 24.8. The maximum absolute atomic E-state index is 11.0. The molecule has 0 aliphatic carbocycles. The molecule has 0 saturated carbocycles. The molecule has 0 saturated heterocycles. The molecular weight excluding hydrogens is 184 g/mol. The maximum atomic E-state index is 11.0. The summed E-state index contributed by atoms with van der Waals surface area (Å²) >= 11 is 0. The molecule has 0 aromatic carbocycles. The number of guanidine groups is 1. The summed E-state index contributed by atoms with van der Waals surface area (Å²) in [5.74, 6) is -0.220. The zero-order valence-electron chi connectivity index (χ0n) is 7.98. The Hall–Kier alpha value is -1.43. The average Bonchev–Trinajstić information content (AvgIpc) is 2.12. The van der Waals surface area contributed by atoms with Crippen LogP contribution in [0.3, 0.4) is 0 Å². The van der Waals surface area contributed by atoms with E-state index in [-0.39, 0.29) is 18.2 Å². The van der Waals surface area contributed by atoms with Gasteiger partial charge in [-0.2, -0.15) is 0 Å². The molecule has 0 heterocycles. The van der Waals surface area contributed by atoms with Crippen LogP contribution < -0.4 is 17.2 Å². The summed E-state index contributed by atoms with van der Waals surface area (Å²) in [6.07, 6.45) is 1.55. The van der Waals surface area contributed by atoms with Crippen LogP contribution in [0.15, 0.2) is 4.99 Å². The van der Waals surface area contributed by atoms with Gasteiger partial charge in [0.05, 0.1) is 12.5 Å². The molecule has 6 N–H and O–H groups in total. The van der Waals surface area contributed by atoms with E-state index in [0.717, 1.165) is 0 Å². The fourth-order valence-electron chi connectivity index (χ4n) is 0.914. The van der Waals surface area contributed by atoms with Gasteiger partial charge in [-0.15, -0.1) is 0 Å². The van der Waals surface area contributed by atoms with Gasteiger partial charge >= 0.3 is 0 Å². The normalized spacial score (nSPS) is 11.8. The van der Waals surface area contributed by atoms with Crippen LogP contribution in [0.25, 0.3) is 0 Å². The van der Waals surface area contributed by atoms with Crippen LogP contribution in [0, 0.1) is 0 Å². The summed E-state index contributed by atoms with van der Waals surface area (Å²) in [5.41, 5.74) is 15.7. The van der Waals surface area contributed by atoms with E-state index in [0.29, 0.717) is 25.7 Å². The van der Waals surface area contributed by atoms with E-state index in [2.05, 4.69) is 4.99 Å². The zero-order valence-corrected chi connectivity index (χ0v) is 7.98. The quantitative estimate of drug-likeness (QED) is 0.152. The maximum Gasteiger partial charge on any atom is 0.185 e. The van der Waals surface area contributed by atoms with Crippen molar-refractivity contribution in [2.75, 3.05) is 6.54 Å². The van der Waals surface area contributed by atoms with Crippen LogP contribution in [0.5, 0.6) is 0 Å². The van der Waals surface area contributed by atoms with Crippen LogP contribution in [0.4, 0.5) is 0 Å². The van der Waals surface area contributed by atoms with Crippen molar-refractivity contribution in [3.63, 3.8) is 0 Å². The largest absolute Gasteiger partial charge is 0.370 e. The van der Waals surface area contributed by atoms with Crippen LogP contribution in [0.2, 0.25) is 0 Å². The van der Waals surface area contributed by atoms with Crippen molar-refractivity contribution in [1.29, 1.82) is 0 Å². The number of nitrogens with two attached hydrogens (primary N) is 3. The first-order chi connectivity index (χ1) is 6.57. The Balaban J connectivity index is 3.63. The molecule has 0 aliphatic rings. The first-order valence-electron chi connectivity index (χ1n) is 4.35. The van der Waals surface area contributed by atoms with Crippen molar-refractivity contribution in [3.05, 3.63) is 0 Å². The van der Waals surface area contributed by atoms with Crippen molar-refractivity contribution < 1.29 is 9.59 Å².